The Bertz CT molecular complexity index is 175. The summed E-state index contributed by atoms with van der Waals surface area (Å²) in [6.07, 6.45) is 8.20. The van der Waals surface area contributed by atoms with E-state index >= 15 is 0 Å². The number of hydrogen-bond donors (Lipinski definition) is 1. The smallest absolute Gasteiger partial charge is 0.0993 e. The van der Waals surface area contributed by atoms with E-state index in [4.69, 9.17) is 0 Å². The Morgan fingerprint density at radius 2 is 2.07 bits per heavy atom. The van der Waals surface area contributed by atoms with Crippen LogP contribution in [0, 0.1) is 5.92 Å². The molecular formula is C12H24N2. The molecule has 2 nitrogen and oxygen atoms in total. The molecule has 0 radical (unpaired) electrons. The first-order valence-electron chi connectivity index (χ1n) is 6.12. The molecule has 1 atom stereocenters. The predicted molar refractivity (Wildman–Crippen MR) is 62.8 cm³/mol. The van der Waals surface area contributed by atoms with Gasteiger partial charge in [-0.2, -0.15) is 0 Å². The molecule has 0 aromatic rings. The zero-order valence-electron chi connectivity index (χ0n) is 9.68. The van der Waals surface area contributed by atoms with Gasteiger partial charge in [0.25, 0.3) is 0 Å². The first-order valence-corrected chi connectivity index (χ1v) is 6.12. The molecule has 0 bridgehead atoms. The molecule has 0 aromatic heterocycles. The van der Waals surface area contributed by atoms with Crippen molar-refractivity contribution in [3.8, 4) is 0 Å². The van der Waals surface area contributed by atoms with E-state index in [2.05, 4.69) is 24.2 Å². The van der Waals surface area contributed by atoms with Crippen molar-refractivity contribution in [2.75, 3.05) is 13.1 Å². The van der Waals surface area contributed by atoms with Crippen molar-refractivity contribution in [2.24, 2.45) is 10.9 Å². The van der Waals surface area contributed by atoms with Gasteiger partial charge in [-0.05, 0) is 6.42 Å². The molecule has 0 saturated carbocycles. The summed E-state index contributed by atoms with van der Waals surface area (Å²) in [7, 11) is 0. The van der Waals surface area contributed by atoms with Gasteiger partial charge in [0.1, 0.15) is 0 Å². The van der Waals surface area contributed by atoms with Crippen LogP contribution in [0.4, 0.5) is 0 Å². The Morgan fingerprint density at radius 3 is 2.71 bits per heavy atom. The number of nitrogens with one attached hydrogen (secondary N) is 1. The lowest BCUT2D eigenvalue weighted by Crippen LogP contribution is -2.25. The molecule has 0 fully saturated rings. The van der Waals surface area contributed by atoms with Crippen LogP contribution in [-0.2, 0) is 0 Å². The molecule has 82 valence electrons. The van der Waals surface area contributed by atoms with Crippen molar-refractivity contribution in [3.05, 3.63) is 0 Å². The number of rotatable bonds is 7. The molecule has 2 heteroatoms. The third kappa shape index (κ3) is 4.12. The lowest BCUT2D eigenvalue weighted by Gasteiger charge is -2.11. The van der Waals surface area contributed by atoms with Crippen LogP contribution in [0.1, 0.15) is 52.4 Å². The van der Waals surface area contributed by atoms with Gasteiger partial charge in [0.05, 0.1) is 12.4 Å². The van der Waals surface area contributed by atoms with Crippen LogP contribution in [0.15, 0.2) is 4.99 Å². The number of aliphatic imine (C=N–C) groups is 1. The Kier molecular flexibility index (Phi) is 5.65. The highest BCUT2D eigenvalue weighted by Gasteiger charge is 2.12. The molecule has 0 saturated heterocycles. The molecule has 14 heavy (non-hydrogen) atoms. The Labute approximate surface area is 88.2 Å². The highest BCUT2D eigenvalue weighted by molar-refractivity contribution is 5.85. The van der Waals surface area contributed by atoms with Gasteiger partial charge < -0.3 is 5.32 Å². The zero-order chi connectivity index (χ0) is 10.2. The Hall–Kier alpha value is -0.530. The Morgan fingerprint density at radius 1 is 1.29 bits per heavy atom. The molecule has 0 amide bonds. The monoisotopic (exact) mass is 196 g/mol. The Balaban J connectivity index is 2.00. The summed E-state index contributed by atoms with van der Waals surface area (Å²) in [6, 6.07) is 0. The topological polar surface area (TPSA) is 24.4 Å². The van der Waals surface area contributed by atoms with Crippen LogP contribution < -0.4 is 5.32 Å². The first-order chi connectivity index (χ1) is 6.84. The molecule has 1 aliphatic rings. The van der Waals surface area contributed by atoms with Crippen molar-refractivity contribution < 1.29 is 0 Å². The maximum atomic E-state index is 4.46. The van der Waals surface area contributed by atoms with E-state index in [1.807, 2.05) is 0 Å². The van der Waals surface area contributed by atoms with Gasteiger partial charge in [-0.1, -0.05) is 46.0 Å². The van der Waals surface area contributed by atoms with Crippen molar-refractivity contribution in [2.45, 2.75) is 52.4 Å². The van der Waals surface area contributed by atoms with Crippen LogP contribution in [0.3, 0.4) is 0 Å². The SMILES string of the molecule is CCCCCCCC(C)C1=NCCN1. The van der Waals surface area contributed by atoms with Gasteiger partial charge in [0, 0.05) is 12.5 Å². The van der Waals surface area contributed by atoms with E-state index in [9.17, 15) is 0 Å². The zero-order valence-corrected chi connectivity index (χ0v) is 9.68. The fourth-order valence-corrected chi connectivity index (χ4v) is 1.94. The molecule has 1 unspecified atom stereocenters. The van der Waals surface area contributed by atoms with E-state index in [0.29, 0.717) is 5.92 Å². The van der Waals surface area contributed by atoms with Crippen molar-refractivity contribution in [3.63, 3.8) is 0 Å². The van der Waals surface area contributed by atoms with Crippen LogP contribution in [0.2, 0.25) is 0 Å². The third-order valence-electron chi connectivity index (χ3n) is 2.91. The minimum Gasteiger partial charge on any atom is -0.372 e. The van der Waals surface area contributed by atoms with E-state index in [-0.39, 0.29) is 0 Å². The second kappa shape index (κ2) is 6.86. The van der Waals surface area contributed by atoms with E-state index in [1.165, 1.54) is 44.4 Å². The van der Waals surface area contributed by atoms with Gasteiger partial charge in [-0.3, -0.25) is 4.99 Å². The first kappa shape index (κ1) is 11.5. The summed E-state index contributed by atoms with van der Waals surface area (Å²) in [5.74, 6) is 1.90. The minimum absolute atomic E-state index is 0.652. The summed E-state index contributed by atoms with van der Waals surface area (Å²) in [6.45, 7) is 6.59. The quantitative estimate of drug-likeness (QED) is 0.622. The van der Waals surface area contributed by atoms with Gasteiger partial charge >= 0.3 is 0 Å². The van der Waals surface area contributed by atoms with Gasteiger partial charge in [-0.15, -0.1) is 0 Å². The third-order valence-corrected chi connectivity index (χ3v) is 2.91. The fourth-order valence-electron chi connectivity index (χ4n) is 1.94. The fraction of sp³-hybridized carbons (Fsp3) is 0.917. The highest BCUT2D eigenvalue weighted by atomic mass is 15.1. The molecule has 0 spiro atoms. The number of hydrogen-bond acceptors (Lipinski definition) is 2. The second-order valence-corrected chi connectivity index (χ2v) is 4.30. The molecule has 0 aromatic carbocycles. The van der Waals surface area contributed by atoms with Gasteiger partial charge in [0.15, 0.2) is 0 Å². The predicted octanol–water partition coefficient (Wildman–Crippen LogP) is 2.98. The molecule has 1 rings (SSSR count). The van der Waals surface area contributed by atoms with Gasteiger partial charge in [0.2, 0.25) is 0 Å². The maximum absolute atomic E-state index is 4.46. The summed E-state index contributed by atoms with van der Waals surface area (Å²) in [5.41, 5.74) is 0. The number of amidine groups is 1. The summed E-state index contributed by atoms with van der Waals surface area (Å²) in [4.78, 5) is 4.46. The highest BCUT2D eigenvalue weighted by Crippen LogP contribution is 2.13. The largest absolute Gasteiger partial charge is 0.372 e. The molecule has 1 aliphatic heterocycles. The van der Waals surface area contributed by atoms with Crippen LogP contribution in [0.5, 0.6) is 0 Å². The molecular weight excluding hydrogens is 172 g/mol. The second-order valence-electron chi connectivity index (χ2n) is 4.30. The molecule has 0 aliphatic carbocycles. The molecule has 1 N–H and O–H groups in total. The average molecular weight is 196 g/mol. The number of unbranched alkanes of at least 4 members (excludes halogenated alkanes) is 4. The number of nitrogens with zero attached hydrogens (tertiary/aromatic N) is 1. The normalized spacial score (nSPS) is 17.7. The van der Waals surface area contributed by atoms with Crippen LogP contribution in [0.25, 0.3) is 0 Å². The van der Waals surface area contributed by atoms with Crippen LogP contribution >= 0.6 is 0 Å². The van der Waals surface area contributed by atoms with E-state index in [0.717, 1.165) is 13.1 Å². The summed E-state index contributed by atoms with van der Waals surface area (Å²) in [5, 5.41) is 3.36. The van der Waals surface area contributed by atoms with E-state index < -0.39 is 0 Å². The van der Waals surface area contributed by atoms with E-state index in [1.54, 1.807) is 0 Å². The van der Waals surface area contributed by atoms with Gasteiger partial charge in [-0.25, -0.2) is 0 Å². The lowest BCUT2D eigenvalue weighted by atomic mass is 10.0. The maximum Gasteiger partial charge on any atom is 0.0993 e. The minimum atomic E-state index is 0.652. The molecule has 1 heterocycles. The standard InChI is InChI=1S/C12H24N2/c1-3-4-5-6-7-8-11(2)12-13-9-10-14-12/h11H,3-10H2,1-2H3,(H,13,14). The lowest BCUT2D eigenvalue weighted by molar-refractivity contribution is 0.561. The van der Waals surface area contributed by atoms with Crippen molar-refractivity contribution >= 4 is 5.84 Å². The van der Waals surface area contributed by atoms with Crippen molar-refractivity contribution in [1.29, 1.82) is 0 Å². The average Bonchev–Trinajstić information content (AvgIpc) is 2.70. The van der Waals surface area contributed by atoms with Crippen LogP contribution in [-0.4, -0.2) is 18.9 Å². The summed E-state index contributed by atoms with van der Waals surface area (Å²) < 4.78 is 0. The summed E-state index contributed by atoms with van der Waals surface area (Å²) >= 11 is 0. The van der Waals surface area contributed by atoms with Crippen molar-refractivity contribution in [1.82, 2.24) is 5.32 Å².